The first kappa shape index (κ1) is 16.7. The van der Waals surface area contributed by atoms with Crippen molar-refractivity contribution in [3.8, 4) is 17.0 Å². The third kappa shape index (κ3) is 3.69. The number of aromatic nitrogens is 1. The maximum Gasteiger partial charge on any atom is 0.336 e. The predicted molar refractivity (Wildman–Crippen MR) is 96.9 cm³/mol. The number of benzene rings is 2. The maximum atomic E-state index is 11.4. The lowest BCUT2D eigenvalue weighted by Crippen LogP contribution is -2.08. The molecule has 0 unspecified atom stereocenters. The Bertz CT molecular complexity index is 904. The molecule has 4 heteroatoms. The van der Waals surface area contributed by atoms with Crippen LogP contribution in [0.1, 0.15) is 27.0 Å². The molecule has 0 aliphatic heterocycles. The molecule has 3 aromatic rings. The van der Waals surface area contributed by atoms with Crippen LogP contribution in [-0.2, 0) is 6.61 Å². The highest BCUT2D eigenvalue weighted by Crippen LogP contribution is 2.26. The van der Waals surface area contributed by atoms with Gasteiger partial charge in [0.2, 0.25) is 0 Å². The summed E-state index contributed by atoms with van der Waals surface area (Å²) in [5.74, 6) is -0.205. The summed E-state index contributed by atoms with van der Waals surface area (Å²) < 4.78 is 5.90. The largest absolute Gasteiger partial charge is 0.489 e. The molecule has 1 N–H and O–H groups in total. The third-order valence-corrected chi connectivity index (χ3v) is 4.15. The van der Waals surface area contributed by atoms with Crippen LogP contribution in [-0.4, -0.2) is 16.1 Å². The van der Waals surface area contributed by atoms with Gasteiger partial charge in [0.05, 0.1) is 11.3 Å². The molecule has 1 heterocycles. The van der Waals surface area contributed by atoms with Crippen LogP contribution in [0.5, 0.6) is 5.75 Å². The fourth-order valence-electron chi connectivity index (χ4n) is 2.75. The first-order chi connectivity index (χ1) is 12.1. The Morgan fingerprint density at radius 1 is 1.04 bits per heavy atom. The van der Waals surface area contributed by atoms with E-state index in [1.165, 1.54) is 0 Å². The number of nitrogens with zero attached hydrogens (tertiary/aromatic N) is 1. The summed E-state index contributed by atoms with van der Waals surface area (Å²) in [6.45, 7) is 4.08. The normalized spacial score (nSPS) is 10.5. The van der Waals surface area contributed by atoms with Gasteiger partial charge in [0, 0.05) is 17.3 Å². The zero-order valence-electron chi connectivity index (χ0n) is 14.2. The molecule has 0 spiro atoms. The number of pyridine rings is 1. The molecule has 1 aromatic heterocycles. The molecule has 0 saturated carbocycles. The van der Waals surface area contributed by atoms with E-state index in [1.807, 2.05) is 56.3 Å². The second kappa shape index (κ2) is 7.18. The minimum Gasteiger partial charge on any atom is -0.489 e. The molecule has 4 nitrogen and oxygen atoms in total. The number of carboxylic acid groups (broad SMARTS) is 1. The van der Waals surface area contributed by atoms with Crippen molar-refractivity contribution < 1.29 is 14.6 Å². The Hall–Kier alpha value is -3.14. The lowest BCUT2D eigenvalue weighted by atomic mass is 10.0. The first-order valence-electron chi connectivity index (χ1n) is 8.03. The lowest BCUT2D eigenvalue weighted by molar-refractivity contribution is 0.0693. The van der Waals surface area contributed by atoms with Gasteiger partial charge in [-0.15, -0.1) is 0 Å². The highest BCUT2D eigenvalue weighted by atomic mass is 16.5. The molecule has 0 aliphatic rings. The van der Waals surface area contributed by atoms with Gasteiger partial charge >= 0.3 is 5.97 Å². The standard InChI is InChI=1S/C21H19NO3/c1-14-6-5-7-17(21(23)24)18(14)13-25-20-10-9-16(12-15(20)2)19-8-3-4-11-22-19/h3-12H,13H2,1-2H3,(H,23,24). The van der Waals surface area contributed by atoms with Gasteiger partial charge in [0.1, 0.15) is 12.4 Å². The SMILES string of the molecule is Cc1cc(-c2ccccn2)ccc1OCc1c(C)cccc1C(=O)O. The molecule has 0 saturated heterocycles. The van der Waals surface area contributed by atoms with E-state index in [2.05, 4.69) is 4.98 Å². The topological polar surface area (TPSA) is 59.4 Å². The Kier molecular flexibility index (Phi) is 4.80. The second-order valence-corrected chi connectivity index (χ2v) is 5.89. The van der Waals surface area contributed by atoms with Gasteiger partial charge in [-0.2, -0.15) is 0 Å². The summed E-state index contributed by atoms with van der Waals surface area (Å²) in [6.07, 6.45) is 1.76. The highest BCUT2D eigenvalue weighted by molar-refractivity contribution is 5.89. The van der Waals surface area contributed by atoms with Gasteiger partial charge in [-0.25, -0.2) is 4.79 Å². The van der Waals surface area contributed by atoms with E-state index in [0.29, 0.717) is 5.56 Å². The van der Waals surface area contributed by atoms with Crippen LogP contribution in [0.2, 0.25) is 0 Å². The van der Waals surface area contributed by atoms with Gasteiger partial charge < -0.3 is 9.84 Å². The maximum absolute atomic E-state index is 11.4. The van der Waals surface area contributed by atoms with Crippen molar-refractivity contribution in [3.63, 3.8) is 0 Å². The highest BCUT2D eigenvalue weighted by Gasteiger charge is 2.13. The zero-order valence-corrected chi connectivity index (χ0v) is 14.2. The van der Waals surface area contributed by atoms with E-state index in [0.717, 1.165) is 28.1 Å². The van der Waals surface area contributed by atoms with Crippen LogP contribution in [0, 0.1) is 13.8 Å². The van der Waals surface area contributed by atoms with E-state index in [4.69, 9.17) is 4.74 Å². The Morgan fingerprint density at radius 3 is 2.56 bits per heavy atom. The summed E-state index contributed by atoms with van der Waals surface area (Å²) in [5, 5.41) is 9.34. The molecule has 0 fully saturated rings. The number of aryl methyl sites for hydroxylation is 2. The van der Waals surface area contributed by atoms with Gasteiger partial charge in [0.25, 0.3) is 0 Å². The summed E-state index contributed by atoms with van der Waals surface area (Å²) in [7, 11) is 0. The average Bonchev–Trinajstić information content (AvgIpc) is 2.62. The van der Waals surface area contributed by atoms with Crippen LogP contribution in [0.4, 0.5) is 0 Å². The van der Waals surface area contributed by atoms with Crippen molar-refractivity contribution in [1.29, 1.82) is 0 Å². The van der Waals surface area contributed by atoms with E-state index in [1.54, 1.807) is 18.3 Å². The fourth-order valence-corrected chi connectivity index (χ4v) is 2.75. The van der Waals surface area contributed by atoms with Gasteiger partial charge in [-0.05, 0) is 61.4 Å². The Balaban J connectivity index is 1.82. The molecule has 3 rings (SSSR count). The van der Waals surface area contributed by atoms with Crippen molar-refractivity contribution in [2.24, 2.45) is 0 Å². The number of ether oxygens (including phenoxy) is 1. The van der Waals surface area contributed by atoms with Crippen molar-refractivity contribution in [2.45, 2.75) is 20.5 Å². The molecule has 0 radical (unpaired) electrons. The van der Waals surface area contributed by atoms with Crippen molar-refractivity contribution >= 4 is 5.97 Å². The van der Waals surface area contributed by atoms with Crippen LogP contribution >= 0.6 is 0 Å². The number of carbonyl (C=O) groups is 1. The third-order valence-electron chi connectivity index (χ3n) is 4.15. The van der Waals surface area contributed by atoms with Gasteiger partial charge in [0.15, 0.2) is 0 Å². The quantitative estimate of drug-likeness (QED) is 0.739. The fraction of sp³-hybridized carbons (Fsp3) is 0.143. The second-order valence-electron chi connectivity index (χ2n) is 5.89. The molecule has 0 aliphatic carbocycles. The molecular formula is C21H19NO3. The van der Waals surface area contributed by atoms with Gasteiger partial charge in [-0.3, -0.25) is 4.98 Å². The minimum absolute atomic E-state index is 0.220. The number of aromatic carboxylic acids is 1. The molecule has 25 heavy (non-hydrogen) atoms. The summed E-state index contributed by atoms with van der Waals surface area (Å²) >= 11 is 0. The van der Waals surface area contributed by atoms with Crippen molar-refractivity contribution in [3.05, 3.63) is 83.0 Å². The number of hydrogen-bond donors (Lipinski definition) is 1. The molecule has 126 valence electrons. The van der Waals surface area contributed by atoms with Crippen molar-refractivity contribution in [1.82, 2.24) is 4.98 Å². The Labute approximate surface area is 146 Å². The summed E-state index contributed by atoms with van der Waals surface area (Å²) in [6, 6.07) is 16.9. The number of rotatable bonds is 5. The smallest absolute Gasteiger partial charge is 0.336 e. The molecule has 2 aromatic carbocycles. The minimum atomic E-state index is -0.940. The van der Waals surface area contributed by atoms with E-state index >= 15 is 0 Å². The van der Waals surface area contributed by atoms with E-state index in [-0.39, 0.29) is 12.2 Å². The molecule has 0 bridgehead atoms. The number of carboxylic acids is 1. The van der Waals surface area contributed by atoms with Gasteiger partial charge in [-0.1, -0.05) is 18.2 Å². The predicted octanol–water partition coefficient (Wildman–Crippen LogP) is 4.64. The molecule has 0 atom stereocenters. The van der Waals surface area contributed by atoms with Crippen LogP contribution in [0.3, 0.4) is 0 Å². The average molecular weight is 333 g/mol. The first-order valence-corrected chi connectivity index (χ1v) is 8.03. The van der Waals surface area contributed by atoms with Crippen molar-refractivity contribution in [2.75, 3.05) is 0 Å². The van der Waals surface area contributed by atoms with Crippen LogP contribution in [0.15, 0.2) is 60.8 Å². The zero-order chi connectivity index (χ0) is 17.8. The Morgan fingerprint density at radius 2 is 1.88 bits per heavy atom. The lowest BCUT2D eigenvalue weighted by Gasteiger charge is -2.14. The van der Waals surface area contributed by atoms with Crippen LogP contribution < -0.4 is 4.74 Å². The van der Waals surface area contributed by atoms with Crippen LogP contribution in [0.25, 0.3) is 11.3 Å². The molecular weight excluding hydrogens is 314 g/mol. The van der Waals surface area contributed by atoms with E-state index < -0.39 is 5.97 Å². The van der Waals surface area contributed by atoms with E-state index in [9.17, 15) is 9.90 Å². The monoisotopic (exact) mass is 333 g/mol. The molecule has 0 amide bonds. The number of hydrogen-bond acceptors (Lipinski definition) is 3. The summed E-state index contributed by atoms with van der Waals surface area (Å²) in [5.41, 5.74) is 4.79. The summed E-state index contributed by atoms with van der Waals surface area (Å²) in [4.78, 5) is 15.7.